The fourth-order valence-corrected chi connectivity index (χ4v) is 3.67. The second-order valence-corrected chi connectivity index (χ2v) is 13.1. The zero-order chi connectivity index (χ0) is 22.9. The predicted molar refractivity (Wildman–Crippen MR) is 121 cm³/mol. The number of aliphatic hydroxyl groups excluding tert-OH is 2. The van der Waals surface area contributed by atoms with Crippen molar-refractivity contribution in [2.75, 3.05) is 5.32 Å². The molecular formula is C22H23N5O4Si. The van der Waals surface area contributed by atoms with Gasteiger partial charge in [0.2, 0.25) is 6.23 Å². The van der Waals surface area contributed by atoms with E-state index in [-0.39, 0.29) is 17.5 Å². The molecule has 1 aliphatic rings. The van der Waals surface area contributed by atoms with Crippen molar-refractivity contribution in [3.05, 3.63) is 60.4 Å². The van der Waals surface area contributed by atoms with Gasteiger partial charge in [0.05, 0.1) is 0 Å². The summed E-state index contributed by atoms with van der Waals surface area (Å²) in [6.07, 6.45) is 0.773. The van der Waals surface area contributed by atoms with Gasteiger partial charge >= 0.3 is 0 Å². The van der Waals surface area contributed by atoms with E-state index in [0.29, 0.717) is 16.7 Å². The molecule has 3 aromatic rings. The van der Waals surface area contributed by atoms with Crippen molar-refractivity contribution >= 4 is 31.0 Å². The van der Waals surface area contributed by atoms with E-state index in [2.05, 4.69) is 51.4 Å². The summed E-state index contributed by atoms with van der Waals surface area (Å²) in [7, 11) is -1.59. The molecule has 1 aliphatic heterocycles. The van der Waals surface area contributed by atoms with Crippen molar-refractivity contribution in [2.45, 2.75) is 38.1 Å². The minimum atomic E-state index is -1.59. The number of imidazole rings is 1. The number of carbonyl (C=O) groups excluding carboxylic acids is 1. The van der Waals surface area contributed by atoms with Crippen molar-refractivity contribution in [3.8, 4) is 11.5 Å². The zero-order valence-electron chi connectivity index (χ0n) is 17.9. The summed E-state index contributed by atoms with van der Waals surface area (Å²) in [6, 6.07) is 8.73. The van der Waals surface area contributed by atoms with Crippen molar-refractivity contribution in [1.82, 2.24) is 19.5 Å². The molecule has 1 aromatic carbocycles. The SMILES string of the molecule is C[Si](C)(C)C#C/C=C1/O[C@@H](n2cnc3c(NC(=O)c4ccccc4)ncnc32)[C@H](O)[C@@H]1O. The van der Waals surface area contributed by atoms with Crippen molar-refractivity contribution in [2.24, 2.45) is 0 Å². The first kappa shape index (κ1) is 21.7. The number of aromatic nitrogens is 4. The Labute approximate surface area is 185 Å². The van der Waals surface area contributed by atoms with E-state index in [1.165, 1.54) is 23.3 Å². The van der Waals surface area contributed by atoms with Gasteiger partial charge in [0.15, 0.2) is 17.0 Å². The summed E-state index contributed by atoms with van der Waals surface area (Å²) in [5.41, 5.74) is 4.31. The third-order valence-electron chi connectivity index (χ3n) is 4.73. The van der Waals surface area contributed by atoms with E-state index >= 15 is 0 Å². The Morgan fingerprint density at radius 2 is 1.94 bits per heavy atom. The van der Waals surface area contributed by atoms with Crippen LogP contribution in [0.5, 0.6) is 0 Å². The van der Waals surface area contributed by atoms with Crippen LogP contribution in [0.2, 0.25) is 19.6 Å². The fraction of sp³-hybridized carbons (Fsp3) is 0.273. The van der Waals surface area contributed by atoms with E-state index in [0.717, 1.165) is 0 Å². The van der Waals surface area contributed by atoms with Crippen LogP contribution < -0.4 is 5.32 Å². The van der Waals surface area contributed by atoms with Gasteiger partial charge in [-0.1, -0.05) is 43.8 Å². The van der Waals surface area contributed by atoms with Crippen molar-refractivity contribution in [3.63, 3.8) is 0 Å². The smallest absolute Gasteiger partial charge is 0.256 e. The topological polar surface area (TPSA) is 122 Å². The molecular weight excluding hydrogens is 426 g/mol. The summed E-state index contributed by atoms with van der Waals surface area (Å²) in [5.74, 6) is 3.00. The van der Waals surface area contributed by atoms with Crippen LogP contribution in [-0.4, -0.2) is 55.9 Å². The molecule has 32 heavy (non-hydrogen) atoms. The highest BCUT2D eigenvalue weighted by molar-refractivity contribution is 6.83. The lowest BCUT2D eigenvalue weighted by Crippen LogP contribution is -2.27. The van der Waals surface area contributed by atoms with Gasteiger partial charge in [-0.3, -0.25) is 9.36 Å². The van der Waals surface area contributed by atoms with E-state index in [9.17, 15) is 15.0 Å². The first-order valence-electron chi connectivity index (χ1n) is 10.0. The van der Waals surface area contributed by atoms with Crippen LogP contribution in [0.4, 0.5) is 5.82 Å². The Balaban J connectivity index is 1.62. The number of hydrogen-bond acceptors (Lipinski definition) is 7. The average molecular weight is 450 g/mol. The van der Waals surface area contributed by atoms with Gasteiger partial charge < -0.3 is 20.3 Å². The van der Waals surface area contributed by atoms with E-state index in [4.69, 9.17) is 4.74 Å². The van der Waals surface area contributed by atoms with Crippen LogP contribution in [0.25, 0.3) is 11.2 Å². The van der Waals surface area contributed by atoms with E-state index in [1.54, 1.807) is 24.3 Å². The second kappa shape index (κ2) is 8.55. The number of amides is 1. The number of carbonyl (C=O) groups is 1. The highest BCUT2D eigenvalue weighted by Crippen LogP contribution is 2.34. The minimum absolute atomic E-state index is 0.182. The van der Waals surface area contributed by atoms with Crippen LogP contribution in [-0.2, 0) is 4.74 Å². The number of fused-ring (bicyclic) bond motifs is 1. The molecule has 0 radical (unpaired) electrons. The molecule has 3 atom stereocenters. The molecule has 0 spiro atoms. The fourth-order valence-electron chi connectivity index (χ4n) is 3.17. The highest BCUT2D eigenvalue weighted by atomic mass is 28.3. The maximum Gasteiger partial charge on any atom is 0.256 e. The maximum atomic E-state index is 12.5. The molecule has 164 valence electrons. The number of ether oxygens (including phenoxy) is 1. The van der Waals surface area contributed by atoms with Gasteiger partial charge in [0.1, 0.15) is 38.7 Å². The third-order valence-corrected chi connectivity index (χ3v) is 5.62. The lowest BCUT2D eigenvalue weighted by atomic mass is 10.2. The lowest BCUT2D eigenvalue weighted by Gasteiger charge is -2.16. The maximum absolute atomic E-state index is 12.5. The molecule has 0 unspecified atom stereocenters. The number of rotatable bonds is 3. The van der Waals surface area contributed by atoms with Gasteiger partial charge in [-0.05, 0) is 12.1 Å². The molecule has 10 heteroatoms. The Kier molecular flexibility index (Phi) is 5.79. The van der Waals surface area contributed by atoms with Crippen LogP contribution in [0.1, 0.15) is 16.6 Å². The van der Waals surface area contributed by atoms with Crippen LogP contribution >= 0.6 is 0 Å². The lowest BCUT2D eigenvalue weighted by molar-refractivity contribution is -0.0118. The molecule has 0 aliphatic carbocycles. The number of nitrogens with zero attached hydrogens (tertiary/aromatic N) is 4. The molecule has 9 nitrogen and oxygen atoms in total. The van der Waals surface area contributed by atoms with Gasteiger partial charge in [-0.2, -0.15) is 0 Å². The molecule has 4 rings (SSSR count). The Hall–Kier alpha value is -3.52. The Morgan fingerprint density at radius 1 is 1.19 bits per heavy atom. The molecule has 3 N–H and O–H groups in total. The predicted octanol–water partition coefficient (Wildman–Crippen LogP) is 2.09. The first-order valence-corrected chi connectivity index (χ1v) is 13.5. The number of aliphatic hydroxyl groups is 2. The van der Waals surface area contributed by atoms with E-state index in [1.807, 2.05) is 6.07 Å². The monoisotopic (exact) mass is 449 g/mol. The minimum Gasteiger partial charge on any atom is -0.468 e. The van der Waals surface area contributed by atoms with Crippen LogP contribution in [0, 0.1) is 11.5 Å². The highest BCUT2D eigenvalue weighted by Gasteiger charge is 2.41. The second-order valence-electron chi connectivity index (χ2n) is 8.38. The zero-order valence-corrected chi connectivity index (χ0v) is 18.9. The van der Waals surface area contributed by atoms with Gasteiger partial charge in [0, 0.05) is 11.6 Å². The molecule has 3 heterocycles. The van der Waals surface area contributed by atoms with Gasteiger partial charge in [-0.25, -0.2) is 15.0 Å². The molecule has 0 bridgehead atoms. The number of allylic oxidation sites excluding steroid dienone is 1. The number of hydrogen-bond donors (Lipinski definition) is 3. The third kappa shape index (κ3) is 4.40. The van der Waals surface area contributed by atoms with Crippen LogP contribution in [0.15, 0.2) is 54.8 Å². The standard InChI is InChI=1S/C22H23N5O4Si/c1-32(2,3)11-7-10-15-17(28)18(29)22(31-15)27-13-25-16-19(23-12-24-20(16)27)26-21(30)14-8-5-4-6-9-14/h4-6,8-10,12-13,17-18,22,28-29H,1-3H3,(H,23,24,26,30)/b15-10+/t17-,18-,22-/m1/s1. The average Bonchev–Trinajstić information content (AvgIpc) is 3.30. The first-order chi connectivity index (χ1) is 15.2. The van der Waals surface area contributed by atoms with Crippen molar-refractivity contribution < 1.29 is 19.7 Å². The Bertz CT molecular complexity index is 1240. The molecule has 1 saturated heterocycles. The normalized spacial score (nSPS) is 21.8. The Morgan fingerprint density at radius 3 is 2.66 bits per heavy atom. The number of nitrogens with one attached hydrogen (secondary N) is 1. The van der Waals surface area contributed by atoms with Crippen molar-refractivity contribution in [1.29, 1.82) is 0 Å². The number of benzene rings is 1. The molecule has 1 amide bonds. The van der Waals surface area contributed by atoms with E-state index < -0.39 is 26.5 Å². The summed E-state index contributed by atoms with van der Waals surface area (Å²) >= 11 is 0. The molecule has 1 fully saturated rings. The largest absolute Gasteiger partial charge is 0.468 e. The summed E-state index contributed by atoms with van der Waals surface area (Å²) in [5, 5.41) is 23.7. The summed E-state index contributed by atoms with van der Waals surface area (Å²) in [6.45, 7) is 6.31. The van der Waals surface area contributed by atoms with Crippen LogP contribution in [0.3, 0.4) is 0 Å². The van der Waals surface area contributed by atoms with Gasteiger partial charge in [-0.15, -0.1) is 5.54 Å². The molecule has 2 aromatic heterocycles. The number of anilines is 1. The summed E-state index contributed by atoms with van der Waals surface area (Å²) in [4.78, 5) is 25.2. The van der Waals surface area contributed by atoms with Gasteiger partial charge in [0.25, 0.3) is 5.91 Å². The summed E-state index contributed by atoms with van der Waals surface area (Å²) < 4.78 is 7.29. The quantitative estimate of drug-likeness (QED) is 0.413. The molecule has 0 saturated carbocycles.